The van der Waals surface area contributed by atoms with Crippen LogP contribution >= 0.6 is 0 Å². The molecule has 102 valence electrons. The second kappa shape index (κ2) is 4.96. The van der Waals surface area contributed by atoms with E-state index in [2.05, 4.69) is 5.10 Å². The van der Waals surface area contributed by atoms with Crippen LogP contribution < -0.4 is 4.74 Å². The monoisotopic (exact) mass is 270 g/mol. The minimum atomic E-state index is -0.222. The van der Waals surface area contributed by atoms with Crippen molar-refractivity contribution >= 4 is 10.9 Å². The number of halogens is 1. The van der Waals surface area contributed by atoms with Crippen molar-refractivity contribution in [3.05, 3.63) is 59.5 Å². The molecule has 0 radical (unpaired) electrons. The highest BCUT2D eigenvalue weighted by atomic mass is 19.1. The normalized spacial score (nSPS) is 10.9. The van der Waals surface area contributed by atoms with Crippen LogP contribution in [0, 0.1) is 12.7 Å². The van der Waals surface area contributed by atoms with Crippen LogP contribution in [-0.4, -0.2) is 9.78 Å². The Balaban J connectivity index is 1.85. The molecule has 0 unspecified atom stereocenters. The van der Waals surface area contributed by atoms with Gasteiger partial charge in [-0.15, -0.1) is 0 Å². The molecule has 0 aliphatic carbocycles. The smallest absolute Gasteiger partial charge is 0.133 e. The van der Waals surface area contributed by atoms with E-state index >= 15 is 0 Å². The molecular weight excluding hydrogens is 255 g/mol. The summed E-state index contributed by atoms with van der Waals surface area (Å²) in [5.41, 5.74) is 2.53. The number of rotatable bonds is 3. The van der Waals surface area contributed by atoms with Crippen LogP contribution in [0.2, 0.25) is 0 Å². The summed E-state index contributed by atoms with van der Waals surface area (Å²) in [6.07, 6.45) is 0. The number of aromatic nitrogens is 2. The zero-order valence-corrected chi connectivity index (χ0v) is 11.4. The summed E-state index contributed by atoms with van der Waals surface area (Å²) < 4.78 is 20.7. The third-order valence-corrected chi connectivity index (χ3v) is 3.34. The lowest BCUT2D eigenvalue weighted by Gasteiger charge is -2.06. The van der Waals surface area contributed by atoms with Crippen molar-refractivity contribution in [3.8, 4) is 5.75 Å². The van der Waals surface area contributed by atoms with E-state index in [9.17, 15) is 4.39 Å². The molecular formula is C16H15FN2O. The predicted molar refractivity (Wildman–Crippen MR) is 76.2 cm³/mol. The van der Waals surface area contributed by atoms with Gasteiger partial charge in [-0.25, -0.2) is 4.39 Å². The van der Waals surface area contributed by atoms with Gasteiger partial charge in [0, 0.05) is 12.4 Å². The molecule has 0 fully saturated rings. The zero-order chi connectivity index (χ0) is 14.1. The number of para-hydroxylation sites is 1. The Morgan fingerprint density at radius 3 is 2.80 bits per heavy atom. The summed E-state index contributed by atoms with van der Waals surface area (Å²) in [6, 6.07) is 12.8. The first-order valence-electron chi connectivity index (χ1n) is 6.45. The molecule has 20 heavy (non-hydrogen) atoms. The van der Waals surface area contributed by atoms with Crippen LogP contribution in [0.15, 0.2) is 42.5 Å². The van der Waals surface area contributed by atoms with Crippen molar-refractivity contribution in [2.45, 2.75) is 13.5 Å². The van der Waals surface area contributed by atoms with E-state index in [-0.39, 0.29) is 5.82 Å². The Morgan fingerprint density at radius 1 is 1.20 bits per heavy atom. The highest BCUT2D eigenvalue weighted by Gasteiger charge is 2.08. The summed E-state index contributed by atoms with van der Waals surface area (Å²) in [5, 5.41) is 5.54. The van der Waals surface area contributed by atoms with Gasteiger partial charge >= 0.3 is 0 Å². The minimum absolute atomic E-state index is 0.222. The third kappa shape index (κ3) is 2.25. The predicted octanol–water partition coefficient (Wildman–Crippen LogP) is 3.60. The maximum Gasteiger partial charge on any atom is 0.133 e. The van der Waals surface area contributed by atoms with Gasteiger partial charge in [-0.1, -0.05) is 18.2 Å². The average Bonchev–Trinajstić information content (AvgIpc) is 2.78. The van der Waals surface area contributed by atoms with E-state index in [1.807, 2.05) is 36.0 Å². The van der Waals surface area contributed by atoms with Gasteiger partial charge in [-0.3, -0.25) is 4.68 Å². The molecule has 2 aromatic carbocycles. The number of aryl methyl sites for hydroxylation is 2. The lowest BCUT2D eigenvalue weighted by molar-refractivity contribution is 0.300. The molecule has 0 atom stereocenters. The van der Waals surface area contributed by atoms with Crippen LogP contribution in [0.5, 0.6) is 5.75 Å². The van der Waals surface area contributed by atoms with Crippen molar-refractivity contribution < 1.29 is 9.13 Å². The van der Waals surface area contributed by atoms with Crippen molar-refractivity contribution in [2.24, 2.45) is 7.05 Å². The Labute approximate surface area is 116 Å². The van der Waals surface area contributed by atoms with Gasteiger partial charge in [0.2, 0.25) is 0 Å². The highest BCUT2D eigenvalue weighted by molar-refractivity contribution is 5.81. The quantitative estimate of drug-likeness (QED) is 0.727. The molecule has 0 saturated heterocycles. The van der Waals surface area contributed by atoms with Crippen LogP contribution in [0.25, 0.3) is 10.9 Å². The lowest BCUT2D eigenvalue weighted by Crippen LogP contribution is -1.98. The van der Waals surface area contributed by atoms with Crippen molar-refractivity contribution in [3.63, 3.8) is 0 Å². The molecule has 0 bridgehead atoms. The molecule has 1 heterocycles. The second-order valence-electron chi connectivity index (χ2n) is 4.79. The van der Waals surface area contributed by atoms with Gasteiger partial charge in [0.1, 0.15) is 23.9 Å². The van der Waals surface area contributed by atoms with Gasteiger partial charge in [-0.05, 0) is 36.8 Å². The standard InChI is InChI=1S/C16H15FN2O/c1-11-9-12(7-8-14(11)17)20-10-15-13-5-3-4-6-16(13)19(2)18-15/h3-9H,10H2,1-2H3. The summed E-state index contributed by atoms with van der Waals surface area (Å²) in [6.45, 7) is 2.09. The van der Waals surface area contributed by atoms with E-state index < -0.39 is 0 Å². The third-order valence-electron chi connectivity index (χ3n) is 3.34. The molecule has 0 saturated carbocycles. The molecule has 0 N–H and O–H groups in total. The fraction of sp³-hybridized carbons (Fsp3) is 0.188. The maximum absolute atomic E-state index is 13.2. The molecule has 0 aliphatic heterocycles. The number of nitrogens with zero attached hydrogens (tertiary/aromatic N) is 2. The number of hydrogen-bond donors (Lipinski definition) is 0. The Bertz CT molecular complexity index is 764. The number of ether oxygens (including phenoxy) is 1. The van der Waals surface area contributed by atoms with Gasteiger partial charge < -0.3 is 4.74 Å². The second-order valence-corrected chi connectivity index (χ2v) is 4.79. The number of benzene rings is 2. The fourth-order valence-electron chi connectivity index (χ4n) is 2.25. The first-order valence-corrected chi connectivity index (χ1v) is 6.45. The molecule has 0 amide bonds. The van der Waals surface area contributed by atoms with Crippen molar-refractivity contribution in [1.82, 2.24) is 9.78 Å². The van der Waals surface area contributed by atoms with E-state index in [0.29, 0.717) is 17.9 Å². The van der Waals surface area contributed by atoms with E-state index in [4.69, 9.17) is 4.74 Å². The minimum Gasteiger partial charge on any atom is -0.487 e. The van der Waals surface area contributed by atoms with Crippen LogP contribution in [0.1, 0.15) is 11.3 Å². The van der Waals surface area contributed by atoms with E-state index in [1.165, 1.54) is 6.07 Å². The van der Waals surface area contributed by atoms with Gasteiger partial charge in [0.15, 0.2) is 0 Å². The molecule has 0 aliphatic rings. The Kier molecular flexibility index (Phi) is 3.14. The molecule has 0 spiro atoms. The number of hydrogen-bond acceptors (Lipinski definition) is 2. The largest absolute Gasteiger partial charge is 0.487 e. The lowest BCUT2D eigenvalue weighted by atomic mass is 10.2. The van der Waals surface area contributed by atoms with Crippen molar-refractivity contribution in [2.75, 3.05) is 0 Å². The molecule has 1 aromatic heterocycles. The van der Waals surface area contributed by atoms with Crippen LogP contribution in [0.3, 0.4) is 0 Å². The SMILES string of the molecule is Cc1cc(OCc2nn(C)c3ccccc23)ccc1F. The molecule has 3 nitrogen and oxygen atoms in total. The van der Waals surface area contributed by atoms with Crippen molar-refractivity contribution in [1.29, 1.82) is 0 Å². The first kappa shape index (κ1) is 12.7. The van der Waals surface area contributed by atoms with Crippen LogP contribution in [-0.2, 0) is 13.7 Å². The number of fused-ring (bicyclic) bond motifs is 1. The summed E-state index contributed by atoms with van der Waals surface area (Å²) in [4.78, 5) is 0. The maximum atomic E-state index is 13.2. The summed E-state index contributed by atoms with van der Waals surface area (Å²) in [5.74, 6) is 0.430. The zero-order valence-electron chi connectivity index (χ0n) is 11.4. The van der Waals surface area contributed by atoms with Gasteiger partial charge in [0.05, 0.1) is 5.52 Å². The Morgan fingerprint density at radius 2 is 2.00 bits per heavy atom. The van der Waals surface area contributed by atoms with Gasteiger partial charge in [0.25, 0.3) is 0 Å². The van der Waals surface area contributed by atoms with E-state index in [1.54, 1.807) is 19.1 Å². The van der Waals surface area contributed by atoms with E-state index in [0.717, 1.165) is 16.6 Å². The summed E-state index contributed by atoms with van der Waals surface area (Å²) >= 11 is 0. The molecule has 3 aromatic rings. The molecule has 4 heteroatoms. The molecule has 3 rings (SSSR count). The Hall–Kier alpha value is -2.36. The van der Waals surface area contributed by atoms with Gasteiger partial charge in [-0.2, -0.15) is 5.10 Å². The highest BCUT2D eigenvalue weighted by Crippen LogP contribution is 2.21. The fourth-order valence-corrected chi connectivity index (χ4v) is 2.25. The van der Waals surface area contributed by atoms with Crippen LogP contribution in [0.4, 0.5) is 4.39 Å². The average molecular weight is 270 g/mol. The summed E-state index contributed by atoms with van der Waals surface area (Å²) in [7, 11) is 1.91. The first-order chi connectivity index (χ1) is 9.65. The topological polar surface area (TPSA) is 27.1 Å².